The molecule has 2 aromatic carbocycles. The summed E-state index contributed by atoms with van der Waals surface area (Å²) in [5.74, 6) is 4.36. The molecular weight excluding hydrogens is 358 g/mol. The maximum Gasteiger partial charge on any atom is 0.410 e. The summed E-state index contributed by atoms with van der Waals surface area (Å²) in [4.78, 5) is 26.1. The van der Waals surface area contributed by atoms with Gasteiger partial charge in [-0.3, -0.25) is 4.90 Å². The fourth-order valence-electron chi connectivity index (χ4n) is 3.50. The van der Waals surface area contributed by atoms with Gasteiger partial charge in [-0.2, -0.15) is 0 Å². The molecule has 0 aliphatic carbocycles. The number of carbonyl (C=O) groups excluding carboxylic acids is 1. The summed E-state index contributed by atoms with van der Waals surface area (Å²) in [5.41, 5.74) is 0.255. The molecule has 0 unspecified atom stereocenters. The van der Waals surface area contributed by atoms with Crippen molar-refractivity contribution in [3.05, 3.63) is 71.8 Å². The van der Waals surface area contributed by atoms with E-state index in [2.05, 4.69) is 11.8 Å². The zero-order chi connectivity index (χ0) is 19.6. The molecule has 1 saturated heterocycles. The standard InChI is InChI=1S/C22H19NO5/c24-20(25)22-12-11-19(28-22)18(13-22)23(14-16-7-3-1-4-8-16)21(26)27-15-17-9-5-2-6-10-17/h1-10,18-19H,13-15H2,(H,24,25)/t18-,19-,22+/m0/s1. The van der Waals surface area contributed by atoms with Gasteiger partial charge in [0.2, 0.25) is 5.60 Å². The molecule has 6 heteroatoms. The number of amides is 1. The van der Waals surface area contributed by atoms with E-state index in [4.69, 9.17) is 9.47 Å². The molecule has 1 N–H and O–H groups in total. The maximum absolute atomic E-state index is 12.9. The van der Waals surface area contributed by atoms with Crippen LogP contribution in [0.5, 0.6) is 0 Å². The fourth-order valence-corrected chi connectivity index (χ4v) is 3.50. The first-order valence-electron chi connectivity index (χ1n) is 9.02. The van der Waals surface area contributed by atoms with Crippen LogP contribution in [0.4, 0.5) is 4.79 Å². The van der Waals surface area contributed by atoms with Crippen molar-refractivity contribution in [1.82, 2.24) is 4.90 Å². The first-order valence-corrected chi connectivity index (χ1v) is 9.02. The average Bonchev–Trinajstić information content (AvgIpc) is 3.32. The molecule has 1 amide bonds. The van der Waals surface area contributed by atoms with Crippen LogP contribution in [0.3, 0.4) is 0 Å². The van der Waals surface area contributed by atoms with Crippen LogP contribution in [-0.2, 0) is 27.4 Å². The number of ether oxygens (including phenoxy) is 2. The van der Waals surface area contributed by atoms with Gasteiger partial charge in [-0.1, -0.05) is 72.5 Å². The van der Waals surface area contributed by atoms with Crippen LogP contribution >= 0.6 is 0 Å². The van der Waals surface area contributed by atoms with Crippen LogP contribution in [0.15, 0.2) is 60.7 Å². The molecule has 1 fully saturated rings. The quantitative estimate of drug-likeness (QED) is 0.784. The van der Waals surface area contributed by atoms with Crippen LogP contribution in [0.1, 0.15) is 17.5 Å². The van der Waals surface area contributed by atoms with Crippen molar-refractivity contribution < 1.29 is 24.2 Å². The second kappa shape index (κ2) is 7.37. The van der Waals surface area contributed by atoms with Crippen molar-refractivity contribution in [2.75, 3.05) is 0 Å². The molecule has 2 heterocycles. The van der Waals surface area contributed by atoms with Crippen LogP contribution in [0.2, 0.25) is 0 Å². The molecule has 0 radical (unpaired) electrons. The van der Waals surface area contributed by atoms with Gasteiger partial charge in [-0.05, 0) is 11.1 Å². The average molecular weight is 377 g/mol. The summed E-state index contributed by atoms with van der Waals surface area (Å²) in [5, 5.41) is 9.51. The van der Waals surface area contributed by atoms with E-state index in [9.17, 15) is 14.7 Å². The van der Waals surface area contributed by atoms with E-state index in [0.717, 1.165) is 11.1 Å². The van der Waals surface area contributed by atoms with Crippen molar-refractivity contribution in [2.45, 2.75) is 37.3 Å². The van der Waals surface area contributed by atoms with Crippen molar-refractivity contribution in [2.24, 2.45) is 0 Å². The summed E-state index contributed by atoms with van der Waals surface area (Å²) in [6.07, 6.45) is -1.03. The zero-order valence-corrected chi connectivity index (χ0v) is 15.1. The summed E-state index contributed by atoms with van der Waals surface area (Å²) >= 11 is 0. The van der Waals surface area contributed by atoms with Gasteiger partial charge < -0.3 is 14.6 Å². The SMILES string of the molecule is O=C(OCc1ccccc1)N(Cc1ccccc1)[C@H]1C[C@@]2(C(=O)O)C#C[C@@H]1O2. The molecule has 28 heavy (non-hydrogen) atoms. The van der Waals surface area contributed by atoms with Crippen LogP contribution in [-0.4, -0.2) is 39.8 Å². The van der Waals surface area contributed by atoms with Crippen LogP contribution in [0.25, 0.3) is 0 Å². The van der Waals surface area contributed by atoms with E-state index in [-0.39, 0.29) is 19.6 Å². The minimum atomic E-state index is -1.54. The molecule has 3 atom stereocenters. The lowest BCUT2D eigenvalue weighted by molar-refractivity contribution is -0.154. The Morgan fingerprint density at radius 2 is 1.75 bits per heavy atom. The third-order valence-electron chi connectivity index (χ3n) is 4.97. The molecule has 4 rings (SSSR count). The third-order valence-corrected chi connectivity index (χ3v) is 4.97. The lowest BCUT2D eigenvalue weighted by Crippen LogP contribution is -2.46. The van der Waals surface area contributed by atoms with Gasteiger partial charge in [0.05, 0.1) is 6.04 Å². The highest BCUT2D eigenvalue weighted by Crippen LogP contribution is 2.38. The number of fused-ring (bicyclic) bond motifs is 2. The van der Waals surface area contributed by atoms with Gasteiger partial charge in [0, 0.05) is 13.0 Å². The van der Waals surface area contributed by atoms with Crippen molar-refractivity contribution >= 4 is 12.1 Å². The Kier molecular flexibility index (Phi) is 4.76. The zero-order valence-electron chi connectivity index (χ0n) is 15.1. The Morgan fingerprint density at radius 3 is 2.36 bits per heavy atom. The maximum atomic E-state index is 12.9. The van der Waals surface area contributed by atoms with Gasteiger partial charge >= 0.3 is 12.1 Å². The number of aliphatic carboxylic acids is 1. The molecular formula is C22H19NO5. The Balaban J connectivity index is 1.54. The summed E-state index contributed by atoms with van der Waals surface area (Å²) in [7, 11) is 0. The summed E-state index contributed by atoms with van der Waals surface area (Å²) in [6, 6.07) is 18.4. The van der Waals surface area contributed by atoms with Gasteiger partial charge in [-0.25, -0.2) is 9.59 Å². The van der Waals surface area contributed by atoms with Gasteiger partial charge in [0.15, 0.2) is 0 Å². The molecule has 2 aromatic rings. The fraction of sp³-hybridized carbons (Fsp3) is 0.273. The van der Waals surface area contributed by atoms with E-state index in [1.807, 2.05) is 60.7 Å². The molecule has 0 aromatic heterocycles. The molecule has 6 nitrogen and oxygen atoms in total. The van der Waals surface area contributed by atoms with Crippen LogP contribution in [0, 0.1) is 11.8 Å². The first-order chi connectivity index (χ1) is 13.6. The number of nitrogens with zero attached hydrogens (tertiary/aromatic N) is 1. The highest BCUT2D eigenvalue weighted by atomic mass is 16.6. The number of carboxylic acid groups (broad SMARTS) is 1. The topological polar surface area (TPSA) is 76.1 Å². The predicted octanol–water partition coefficient (Wildman–Crippen LogP) is 2.82. The number of hydrogen-bond donors (Lipinski definition) is 1. The largest absolute Gasteiger partial charge is 0.478 e. The van der Waals surface area contributed by atoms with E-state index in [1.165, 1.54) is 4.90 Å². The van der Waals surface area contributed by atoms with E-state index < -0.39 is 29.8 Å². The lowest BCUT2D eigenvalue weighted by Gasteiger charge is -2.30. The number of rotatable bonds is 6. The Labute approximate surface area is 162 Å². The second-order valence-corrected chi connectivity index (χ2v) is 6.87. The normalized spacial score (nSPS) is 24.3. The highest BCUT2D eigenvalue weighted by Gasteiger charge is 2.56. The smallest absolute Gasteiger partial charge is 0.410 e. The number of hydrogen-bond acceptors (Lipinski definition) is 4. The number of carbonyl (C=O) groups is 2. The monoisotopic (exact) mass is 377 g/mol. The van der Waals surface area contributed by atoms with E-state index >= 15 is 0 Å². The molecule has 142 valence electrons. The molecule has 0 saturated carbocycles. The molecule has 2 aliphatic rings. The molecule has 2 aliphatic heterocycles. The van der Waals surface area contributed by atoms with Crippen molar-refractivity contribution in [3.8, 4) is 11.8 Å². The third kappa shape index (κ3) is 3.45. The van der Waals surface area contributed by atoms with E-state index in [1.54, 1.807) is 0 Å². The van der Waals surface area contributed by atoms with Gasteiger partial charge in [0.25, 0.3) is 0 Å². The van der Waals surface area contributed by atoms with E-state index in [0.29, 0.717) is 0 Å². The molecule has 2 bridgehead atoms. The second-order valence-electron chi connectivity index (χ2n) is 6.87. The Hall–Kier alpha value is -3.30. The minimum absolute atomic E-state index is 0.118. The lowest BCUT2D eigenvalue weighted by atomic mass is 9.92. The minimum Gasteiger partial charge on any atom is -0.478 e. The van der Waals surface area contributed by atoms with Gasteiger partial charge in [-0.15, -0.1) is 0 Å². The Morgan fingerprint density at radius 1 is 1.11 bits per heavy atom. The number of benzene rings is 2. The van der Waals surface area contributed by atoms with Crippen molar-refractivity contribution in [1.29, 1.82) is 0 Å². The summed E-state index contributed by atoms with van der Waals surface area (Å²) < 4.78 is 11.1. The van der Waals surface area contributed by atoms with Crippen LogP contribution < -0.4 is 0 Å². The molecule has 0 spiro atoms. The van der Waals surface area contributed by atoms with Crippen molar-refractivity contribution in [3.63, 3.8) is 0 Å². The number of carboxylic acids is 1. The first kappa shape index (κ1) is 18.1. The highest BCUT2D eigenvalue weighted by molar-refractivity contribution is 5.84. The Bertz CT molecular complexity index is 934. The van der Waals surface area contributed by atoms with Gasteiger partial charge in [0.1, 0.15) is 12.7 Å². The summed E-state index contributed by atoms with van der Waals surface area (Å²) in [6.45, 7) is 0.426. The predicted molar refractivity (Wildman–Crippen MR) is 100 cm³/mol.